The number of carboxylic acid groups (broad SMARTS) is 1. The Morgan fingerprint density at radius 1 is 1.21 bits per heavy atom. The van der Waals surface area contributed by atoms with Crippen LogP contribution in [0, 0.1) is 18.7 Å². The fourth-order valence-corrected chi connectivity index (χ4v) is 4.52. The van der Waals surface area contributed by atoms with E-state index < -0.39 is 5.97 Å². The molecular formula is C26H27FN8O3. The molecule has 4 aromatic rings. The number of halogens is 1. The quantitative estimate of drug-likeness (QED) is 0.354. The highest BCUT2D eigenvalue weighted by molar-refractivity contribution is 5.70. The molecule has 2 atom stereocenters. The van der Waals surface area contributed by atoms with E-state index in [4.69, 9.17) is 4.74 Å². The third kappa shape index (κ3) is 5.43. The van der Waals surface area contributed by atoms with Crippen LogP contribution in [0.2, 0.25) is 0 Å². The van der Waals surface area contributed by atoms with E-state index in [-0.39, 0.29) is 24.4 Å². The molecule has 0 aliphatic heterocycles. The van der Waals surface area contributed by atoms with Crippen molar-refractivity contribution < 1.29 is 19.0 Å². The SMILES string of the molecule is Cc1nc(-c2nnn(C)c2CNc2nccc(-c3ccccc3F)n2)ncc1O[C@H]1CCC[C@H](C(=O)O)C1. The van der Waals surface area contributed by atoms with E-state index in [1.165, 1.54) is 6.07 Å². The first-order valence-corrected chi connectivity index (χ1v) is 12.3. The summed E-state index contributed by atoms with van der Waals surface area (Å²) < 4.78 is 21.9. The van der Waals surface area contributed by atoms with Gasteiger partial charge < -0.3 is 15.2 Å². The number of aromatic nitrogens is 7. The van der Waals surface area contributed by atoms with Gasteiger partial charge in [0, 0.05) is 18.8 Å². The lowest BCUT2D eigenvalue weighted by Gasteiger charge is -2.27. The van der Waals surface area contributed by atoms with Crippen molar-refractivity contribution in [3.63, 3.8) is 0 Å². The molecule has 1 fully saturated rings. The second-order valence-corrected chi connectivity index (χ2v) is 9.19. The number of hydrogen-bond donors (Lipinski definition) is 2. The van der Waals surface area contributed by atoms with Gasteiger partial charge in [0.15, 0.2) is 17.3 Å². The van der Waals surface area contributed by atoms with Gasteiger partial charge in [0.25, 0.3) is 0 Å². The normalized spacial score (nSPS) is 17.2. The average molecular weight is 519 g/mol. The number of anilines is 1. The molecule has 0 amide bonds. The van der Waals surface area contributed by atoms with E-state index in [0.717, 1.165) is 12.8 Å². The summed E-state index contributed by atoms with van der Waals surface area (Å²) in [7, 11) is 1.76. The number of aliphatic carboxylic acids is 1. The van der Waals surface area contributed by atoms with Crippen LogP contribution in [0.1, 0.15) is 37.1 Å². The van der Waals surface area contributed by atoms with Crippen molar-refractivity contribution in [3.05, 3.63) is 59.9 Å². The molecule has 11 nitrogen and oxygen atoms in total. The summed E-state index contributed by atoms with van der Waals surface area (Å²) in [5, 5.41) is 20.8. The highest BCUT2D eigenvalue weighted by Crippen LogP contribution is 2.30. The van der Waals surface area contributed by atoms with Crippen LogP contribution in [0.3, 0.4) is 0 Å². The fourth-order valence-electron chi connectivity index (χ4n) is 4.52. The first-order valence-electron chi connectivity index (χ1n) is 12.3. The van der Waals surface area contributed by atoms with Gasteiger partial charge >= 0.3 is 5.97 Å². The maximum absolute atomic E-state index is 14.2. The van der Waals surface area contributed by atoms with Crippen molar-refractivity contribution in [2.45, 2.75) is 45.3 Å². The van der Waals surface area contributed by atoms with E-state index in [1.54, 1.807) is 48.4 Å². The number of nitrogens with one attached hydrogen (secondary N) is 1. The highest BCUT2D eigenvalue weighted by atomic mass is 19.1. The Kier molecular flexibility index (Phi) is 7.20. The average Bonchev–Trinajstić information content (AvgIpc) is 3.29. The Morgan fingerprint density at radius 3 is 2.84 bits per heavy atom. The molecule has 3 heterocycles. The molecule has 1 aliphatic rings. The van der Waals surface area contributed by atoms with Crippen molar-refractivity contribution >= 4 is 11.9 Å². The number of aryl methyl sites for hydroxylation is 2. The smallest absolute Gasteiger partial charge is 0.306 e. The Hall–Kier alpha value is -4.48. The highest BCUT2D eigenvalue weighted by Gasteiger charge is 2.28. The number of nitrogens with zero attached hydrogens (tertiary/aromatic N) is 7. The summed E-state index contributed by atoms with van der Waals surface area (Å²) in [6.45, 7) is 2.09. The van der Waals surface area contributed by atoms with E-state index in [9.17, 15) is 14.3 Å². The van der Waals surface area contributed by atoms with Crippen molar-refractivity contribution in [2.24, 2.45) is 13.0 Å². The third-order valence-corrected chi connectivity index (χ3v) is 6.58. The van der Waals surface area contributed by atoms with Gasteiger partial charge in [-0.25, -0.2) is 29.0 Å². The van der Waals surface area contributed by atoms with Gasteiger partial charge in [-0.2, -0.15) is 0 Å². The molecule has 1 aromatic carbocycles. The van der Waals surface area contributed by atoms with Crippen LogP contribution in [0.25, 0.3) is 22.8 Å². The Bertz CT molecular complexity index is 1460. The number of benzene rings is 1. The van der Waals surface area contributed by atoms with E-state index in [0.29, 0.717) is 58.7 Å². The van der Waals surface area contributed by atoms with Crippen LogP contribution in [0.15, 0.2) is 42.7 Å². The fraction of sp³-hybridized carbons (Fsp3) is 0.346. The number of ether oxygens (including phenoxy) is 1. The Labute approximate surface area is 218 Å². The molecule has 12 heteroatoms. The van der Waals surface area contributed by atoms with Gasteiger partial charge in [0.2, 0.25) is 5.95 Å². The van der Waals surface area contributed by atoms with Gasteiger partial charge in [-0.1, -0.05) is 17.3 Å². The monoisotopic (exact) mass is 518 g/mol. The Balaban J connectivity index is 1.31. The number of carboxylic acids is 1. The zero-order valence-corrected chi connectivity index (χ0v) is 21.0. The zero-order valence-electron chi connectivity index (χ0n) is 21.0. The minimum atomic E-state index is -0.783. The topological polar surface area (TPSA) is 141 Å². The van der Waals surface area contributed by atoms with Crippen LogP contribution < -0.4 is 10.1 Å². The minimum absolute atomic E-state index is 0.186. The van der Waals surface area contributed by atoms with Gasteiger partial charge in [0.1, 0.15) is 5.82 Å². The van der Waals surface area contributed by atoms with Crippen molar-refractivity contribution in [1.82, 2.24) is 34.9 Å². The third-order valence-electron chi connectivity index (χ3n) is 6.58. The number of carbonyl (C=O) groups is 1. The summed E-state index contributed by atoms with van der Waals surface area (Å²) in [4.78, 5) is 29.1. The standard InChI is InChI=1S/C26H27FN8O3/c1-15-22(38-17-7-5-6-16(12-17)25(36)37)14-29-24(31-15)23-21(35(2)34-33-23)13-30-26-28-11-10-20(32-26)18-8-3-4-9-19(18)27/h3-4,8-11,14,16-17H,5-7,12-13H2,1-2H3,(H,36,37)(H,28,30,32)/t16-,17-/m0/s1. The van der Waals surface area contributed by atoms with Gasteiger partial charge in [-0.3, -0.25) is 4.79 Å². The molecule has 196 valence electrons. The first-order chi connectivity index (χ1) is 18.4. The maximum atomic E-state index is 14.2. The molecule has 38 heavy (non-hydrogen) atoms. The molecule has 1 aliphatic carbocycles. The van der Waals surface area contributed by atoms with Gasteiger partial charge in [-0.15, -0.1) is 5.10 Å². The largest absolute Gasteiger partial charge is 0.487 e. The molecule has 5 rings (SSSR count). The van der Waals surface area contributed by atoms with E-state index >= 15 is 0 Å². The van der Waals surface area contributed by atoms with E-state index in [1.807, 2.05) is 6.92 Å². The van der Waals surface area contributed by atoms with Crippen molar-refractivity contribution in [2.75, 3.05) is 5.32 Å². The molecule has 1 saturated carbocycles. The molecule has 0 saturated heterocycles. The maximum Gasteiger partial charge on any atom is 0.306 e. The van der Waals surface area contributed by atoms with Crippen LogP contribution in [-0.2, 0) is 18.4 Å². The van der Waals surface area contributed by atoms with Gasteiger partial charge in [0.05, 0.1) is 41.8 Å². The molecule has 2 N–H and O–H groups in total. The first kappa shape index (κ1) is 25.2. The van der Waals surface area contributed by atoms with Crippen molar-refractivity contribution in [1.29, 1.82) is 0 Å². The Morgan fingerprint density at radius 2 is 2.05 bits per heavy atom. The minimum Gasteiger partial charge on any atom is -0.487 e. The van der Waals surface area contributed by atoms with Crippen LogP contribution in [-0.4, -0.2) is 52.1 Å². The van der Waals surface area contributed by atoms with Crippen LogP contribution in [0.4, 0.5) is 10.3 Å². The summed E-state index contributed by atoms with van der Waals surface area (Å²) in [5.74, 6) is -0.305. The summed E-state index contributed by atoms with van der Waals surface area (Å²) in [6, 6.07) is 8.08. The summed E-state index contributed by atoms with van der Waals surface area (Å²) >= 11 is 0. The lowest BCUT2D eigenvalue weighted by Crippen LogP contribution is -2.29. The predicted molar refractivity (Wildman–Crippen MR) is 136 cm³/mol. The molecule has 0 unspecified atom stereocenters. The molecule has 3 aromatic heterocycles. The van der Waals surface area contributed by atoms with E-state index in [2.05, 4.69) is 35.6 Å². The van der Waals surface area contributed by atoms with Crippen molar-refractivity contribution in [3.8, 4) is 28.5 Å². The zero-order chi connectivity index (χ0) is 26.6. The molecule has 0 spiro atoms. The predicted octanol–water partition coefficient (Wildman–Crippen LogP) is 3.81. The van der Waals surface area contributed by atoms with Gasteiger partial charge in [-0.05, 0) is 50.8 Å². The second-order valence-electron chi connectivity index (χ2n) is 9.19. The summed E-state index contributed by atoms with van der Waals surface area (Å²) in [6.07, 6.45) is 5.72. The summed E-state index contributed by atoms with van der Waals surface area (Å²) in [5.41, 5.74) is 2.67. The molecular weight excluding hydrogens is 491 g/mol. The number of hydrogen-bond acceptors (Lipinski definition) is 9. The number of rotatable bonds is 8. The molecule has 0 radical (unpaired) electrons. The second kappa shape index (κ2) is 10.9. The van der Waals surface area contributed by atoms with Crippen LogP contribution in [0.5, 0.6) is 5.75 Å². The lowest BCUT2D eigenvalue weighted by atomic mass is 9.87. The lowest BCUT2D eigenvalue weighted by molar-refractivity contribution is -0.143. The van der Waals surface area contributed by atoms with Crippen LogP contribution >= 0.6 is 0 Å². The molecule has 0 bridgehead atoms.